The maximum absolute atomic E-state index is 12.5. The molecule has 3 unspecified atom stereocenters. The number of fused-ring (bicyclic) bond motifs is 2. The highest BCUT2D eigenvalue weighted by atomic mass is 32.5. The Kier molecular flexibility index (Phi) is 6.68. The molecule has 1 aromatic heterocycles. The topological polar surface area (TPSA) is 150 Å². The number of benzene rings is 1. The van der Waals surface area contributed by atoms with Crippen LogP contribution in [0.4, 0.5) is 0 Å². The first kappa shape index (κ1) is 26.2. The van der Waals surface area contributed by atoms with Crippen LogP contribution in [0.25, 0.3) is 0 Å². The highest BCUT2D eigenvalue weighted by Gasteiger charge is 2.87. The Morgan fingerprint density at radius 3 is 2.57 bits per heavy atom. The summed E-state index contributed by atoms with van der Waals surface area (Å²) < 4.78 is 30.6. The van der Waals surface area contributed by atoms with E-state index in [-0.39, 0.29) is 6.10 Å². The number of ether oxygens (including phenoxy) is 3. The van der Waals surface area contributed by atoms with Gasteiger partial charge in [0.1, 0.15) is 29.6 Å². The number of carbonyl (C=O) groups is 1. The minimum atomic E-state index is -3.46. The van der Waals surface area contributed by atoms with Crippen molar-refractivity contribution in [2.75, 3.05) is 6.61 Å². The third-order valence-corrected chi connectivity index (χ3v) is 9.06. The van der Waals surface area contributed by atoms with Gasteiger partial charge in [0.25, 0.3) is 5.56 Å². The van der Waals surface area contributed by atoms with Gasteiger partial charge in [-0.2, -0.15) is 0 Å². The largest absolute Gasteiger partial charge is 0.462 e. The van der Waals surface area contributed by atoms with Crippen molar-refractivity contribution in [2.45, 2.75) is 69.0 Å². The smallest absolute Gasteiger partial charge is 0.330 e. The van der Waals surface area contributed by atoms with Gasteiger partial charge in [-0.15, -0.1) is 0 Å². The van der Waals surface area contributed by atoms with Gasteiger partial charge in [-0.1, -0.05) is 18.2 Å². The van der Waals surface area contributed by atoms with Crippen LogP contribution in [0.1, 0.15) is 33.4 Å². The molecule has 12 nitrogen and oxygen atoms in total. The lowest BCUT2D eigenvalue weighted by Crippen LogP contribution is -2.61. The van der Waals surface area contributed by atoms with Gasteiger partial charge < -0.3 is 23.8 Å². The van der Waals surface area contributed by atoms with Crippen molar-refractivity contribution in [1.82, 2.24) is 14.6 Å². The number of hydrogen-bond donors (Lipinski definition) is 3. The molecular weight excluding hydrogens is 525 g/mol. The van der Waals surface area contributed by atoms with Crippen molar-refractivity contribution in [3.63, 3.8) is 0 Å². The van der Waals surface area contributed by atoms with Crippen molar-refractivity contribution in [2.24, 2.45) is 0 Å². The van der Waals surface area contributed by atoms with Crippen LogP contribution >= 0.6 is 6.64 Å². The molecule has 2 aliphatic heterocycles. The lowest BCUT2D eigenvalue weighted by atomic mass is 9.85. The monoisotopic (exact) mass is 553 g/mol. The van der Waals surface area contributed by atoms with Crippen molar-refractivity contribution in [1.29, 1.82) is 0 Å². The molecule has 1 spiro atoms. The fourth-order valence-corrected chi connectivity index (χ4v) is 7.48. The Bertz CT molecular complexity index is 1340. The fraction of sp³-hybridized carbons (Fsp3) is 0.522. The van der Waals surface area contributed by atoms with Crippen LogP contribution in [-0.4, -0.2) is 62.8 Å². The van der Waals surface area contributed by atoms with Gasteiger partial charge >= 0.3 is 18.3 Å². The van der Waals surface area contributed by atoms with Gasteiger partial charge in [0.2, 0.25) is 0 Å². The Morgan fingerprint density at radius 2 is 1.97 bits per heavy atom. The van der Waals surface area contributed by atoms with Crippen LogP contribution in [-0.2, 0) is 35.3 Å². The molecular formula is C23H28N3O9PS. The van der Waals surface area contributed by atoms with E-state index in [0.717, 1.165) is 0 Å². The lowest BCUT2D eigenvalue weighted by molar-refractivity contribution is -0.262. The van der Waals surface area contributed by atoms with E-state index in [9.17, 15) is 19.5 Å². The summed E-state index contributed by atoms with van der Waals surface area (Å²) in [6.45, 7) is 1.92. The minimum Gasteiger partial charge on any atom is -0.462 e. The minimum absolute atomic E-state index is 0.327. The van der Waals surface area contributed by atoms with E-state index in [1.54, 1.807) is 45.0 Å². The molecule has 3 N–H and O–H groups in total. The first-order valence-electron chi connectivity index (χ1n) is 11.8. The van der Waals surface area contributed by atoms with Gasteiger partial charge in [-0.3, -0.25) is 23.7 Å². The second-order valence-electron chi connectivity index (χ2n) is 9.50. The number of esters is 1. The number of carbonyl (C=O) groups excluding carboxylic acids is 1. The zero-order valence-electron chi connectivity index (χ0n) is 20.4. The Labute approximate surface area is 217 Å². The summed E-state index contributed by atoms with van der Waals surface area (Å²) in [6.07, 6.45) is -1.49. The molecule has 5 rings (SSSR count). The van der Waals surface area contributed by atoms with E-state index < -0.39 is 59.5 Å². The van der Waals surface area contributed by atoms with Crippen molar-refractivity contribution >= 4 is 24.4 Å². The number of H-pyrrole nitrogens is 1. The molecule has 1 saturated carbocycles. The Hall–Kier alpha value is -2.38. The number of aromatic nitrogens is 2. The molecule has 37 heavy (non-hydrogen) atoms. The quantitative estimate of drug-likeness (QED) is 0.301. The molecule has 3 heterocycles. The number of nitrogens with one attached hydrogen (secondary N) is 2. The van der Waals surface area contributed by atoms with Crippen LogP contribution in [0, 0.1) is 0 Å². The standard InChI is InChI=1S/C23H28N3O9PS/c1-13(2)32-19(28)14(3)25-36(37,34-15-7-5-4-6-8-15)35-18-17-23(18,30)22(10-12-31-22)20(33-17)26-11-9-16(27)24-21(26)29/h4-9,11,13-14,17-18,20,30H,10,12H2,1-3H3,(H,25,37)(H,24,27,29)/t14?,17-,18?,20-,22+,23+,36?/m1/s1. The van der Waals surface area contributed by atoms with E-state index in [2.05, 4.69) is 10.1 Å². The van der Waals surface area contributed by atoms with Gasteiger partial charge in [0.05, 0.1) is 12.7 Å². The number of rotatable bonds is 9. The van der Waals surface area contributed by atoms with E-state index in [4.69, 9.17) is 35.1 Å². The van der Waals surface area contributed by atoms with Gasteiger partial charge in [-0.25, -0.2) is 9.88 Å². The van der Waals surface area contributed by atoms with Crippen molar-refractivity contribution in [3.8, 4) is 5.75 Å². The van der Waals surface area contributed by atoms with Crippen molar-refractivity contribution in [3.05, 3.63) is 63.4 Å². The summed E-state index contributed by atoms with van der Waals surface area (Å²) in [5.41, 5.74) is -4.17. The Morgan fingerprint density at radius 1 is 1.27 bits per heavy atom. The first-order valence-corrected chi connectivity index (χ1v) is 14.5. The SMILES string of the molecule is CC(C)OC(=O)C(C)NP(=S)(Oc1ccccc1)OC1[C@H]2O[C@@H](n3ccc(=O)[nH]c3=O)[C@@]3(CCO3)[C@@]12O. The lowest BCUT2D eigenvalue weighted by Gasteiger charge is -2.47. The number of para-hydroxylation sites is 1. The van der Waals surface area contributed by atoms with E-state index in [1.165, 1.54) is 16.8 Å². The van der Waals surface area contributed by atoms with Crippen LogP contribution in [0.5, 0.6) is 5.75 Å². The molecule has 1 aliphatic carbocycles. The molecule has 2 aromatic rings. The predicted octanol–water partition coefficient (Wildman–Crippen LogP) is 0.956. The molecule has 7 atom stereocenters. The molecule has 0 bridgehead atoms. The van der Waals surface area contributed by atoms with E-state index in [0.29, 0.717) is 18.8 Å². The number of nitrogens with zero attached hydrogens (tertiary/aromatic N) is 1. The van der Waals surface area contributed by atoms with E-state index >= 15 is 0 Å². The second kappa shape index (κ2) is 9.42. The maximum atomic E-state index is 12.5. The Balaban J connectivity index is 1.40. The summed E-state index contributed by atoms with van der Waals surface area (Å²) in [5, 5.41) is 14.7. The molecule has 0 amide bonds. The average Bonchev–Trinajstić information content (AvgIpc) is 3.20. The number of aromatic amines is 1. The molecule has 3 fully saturated rings. The summed E-state index contributed by atoms with van der Waals surface area (Å²) >= 11 is 5.77. The molecule has 0 radical (unpaired) electrons. The summed E-state index contributed by atoms with van der Waals surface area (Å²) in [7, 11) is 0. The zero-order valence-corrected chi connectivity index (χ0v) is 22.1. The molecule has 2 saturated heterocycles. The van der Waals surface area contributed by atoms with Gasteiger partial charge in [0, 0.05) is 18.7 Å². The maximum Gasteiger partial charge on any atom is 0.330 e. The summed E-state index contributed by atoms with van der Waals surface area (Å²) in [5.74, 6) is -0.125. The van der Waals surface area contributed by atoms with Crippen LogP contribution in [0.3, 0.4) is 0 Å². The number of hydrogen-bond acceptors (Lipinski definition) is 10. The summed E-state index contributed by atoms with van der Waals surface area (Å²) in [4.78, 5) is 38.6. The normalized spacial score (nSPS) is 32.3. The van der Waals surface area contributed by atoms with Crippen LogP contribution in [0.15, 0.2) is 52.2 Å². The van der Waals surface area contributed by atoms with Gasteiger partial charge in [0.15, 0.2) is 11.8 Å². The summed E-state index contributed by atoms with van der Waals surface area (Å²) in [6, 6.07) is 9.04. The molecule has 1 aromatic carbocycles. The average molecular weight is 554 g/mol. The zero-order chi connectivity index (χ0) is 26.6. The predicted molar refractivity (Wildman–Crippen MR) is 134 cm³/mol. The van der Waals surface area contributed by atoms with E-state index in [1.807, 2.05) is 6.07 Å². The van der Waals surface area contributed by atoms with Crippen LogP contribution in [0.2, 0.25) is 0 Å². The molecule has 200 valence electrons. The van der Waals surface area contributed by atoms with Crippen LogP contribution < -0.4 is 20.9 Å². The fourth-order valence-electron chi connectivity index (χ4n) is 4.76. The molecule has 3 aliphatic rings. The highest BCUT2D eigenvalue weighted by Crippen LogP contribution is 2.68. The second-order valence-corrected chi connectivity index (χ2v) is 12.6. The first-order chi connectivity index (χ1) is 17.5. The number of aliphatic hydroxyl groups is 1. The van der Waals surface area contributed by atoms with Gasteiger partial charge in [-0.05, 0) is 44.7 Å². The third-order valence-electron chi connectivity index (χ3n) is 6.60. The highest BCUT2D eigenvalue weighted by molar-refractivity contribution is 8.09. The third kappa shape index (κ3) is 4.48. The molecule has 14 heteroatoms. The van der Waals surface area contributed by atoms with Crippen molar-refractivity contribution < 1.29 is 33.2 Å².